The van der Waals surface area contributed by atoms with E-state index in [1.807, 2.05) is 30.3 Å². The second-order valence-electron chi connectivity index (χ2n) is 4.99. The molecular weight excluding hydrogens is 270 g/mol. The van der Waals surface area contributed by atoms with Crippen molar-refractivity contribution in [3.8, 4) is 0 Å². The Hall–Kier alpha value is -2.63. The van der Waals surface area contributed by atoms with E-state index in [0.717, 1.165) is 5.56 Å². The van der Waals surface area contributed by atoms with Crippen LogP contribution in [0.2, 0.25) is 0 Å². The predicted molar refractivity (Wildman–Crippen MR) is 74.0 cm³/mol. The van der Waals surface area contributed by atoms with Gasteiger partial charge in [-0.15, -0.1) is 0 Å². The molecule has 1 saturated heterocycles. The summed E-state index contributed by atoms with van der Waals surface area (Å²) in [5, 5.41) is 6.53. The second-order valence-corrected chi connectivity index (χ2v) is 4.99. The maximum absolute atomic E-state index is 12.5. The molecule has 1 aromatic heterocycles. The molecule has 3 rings (SSSR count). The molecule has 1 aromatic carbocycles. The van der Waals surface area contributed by atoms with Crippen molar-refractivity contribution in [3.05, 3.63) is 53.9 Å². The fourth-order valence-electron chi connectivity index (χ4n) is 2.41. The standard InChI is InChI=1S/C15H15N3O3/c19-14-10-18(9-12-6-7-21-17-12)15(20)13(16-14)8-11-4-2-1-3-5-11/h1-7,13H,8-10H2,(H,16,19). The Balaban J connectivity index is 1.72. The van der Waals surface area contributed by atoms with Crippen molar-refractivity contribution in [3.63, 3.8) is 0 Å². The predicted octanol–water partition coefficient (Wildman–Crippen LogP) is 0.744. The number of piperazine rings is 1. The molecule has 108 valence electrons. The summed E-state index contributed by atoms with van der Waals surface area (Å²) < 4.78 is 4.75. The van der Waals surface area contributed by atoms with E-state index >= 15 is 0 Å². The van der Waals surface area contributed by atoms with E-state index in [1.165, 1.54) is 11.2 Å². The van der Waals surface area contributed by atoms with Crippen molar-refractivity contribution in [1.82, 2.24) is 15.4 Å². The minimum absolute atomic E-state index is 0.0526. The zero-order valence-electron chi connectivity index (χ0n) is 11.4. The van der Waals surface area contributed by atoms with E-state index in [-0.39, 0.29) is 24.9 Å². The molecule has 0 bridgehead atoms. The summed E-state index contributed by atoms with van der Waals surface area (Å²) in [6, 6.07) is 10.8. The monoisotopic (exact) mass is 285 g/mol. The van der Waals surface area contributed by atoms with Crippen LogP contribution in [0.4, 0.5) is 0 Å². The molecule has 1 unspecified atom stereocenters. The van der Waals surface area contributed by atoms with E-state index < -0.39 is 6.04 Å². The Kier molecular flexibility index (Phi) is 3.68. The minimum Gasteiger partial charge on any atom is -0.364 e. The maximum Gasteiger partial charge on any atom is 0.246 e. The van der Waals surface area contributed by atoms with Gasteiger partial charge >= 0.3 is 0 Å². The van der Waals surface area contributed by atoms with Crippen molar-refractivity contribution < 1.29 is 14.1 Å². The average molecular weight is 285 g/mol. The van der Waals surface area contributed by atoms with Crippen LogP contribution in [0.15, 0.2) is 47.2 Å². The van der Waals surface area contributed by atoms with Crippen molar-refractivity contribution in [1.29, 1.82) is 0 Å². The lowest BCUT2D eigenvalue weighted by Crippen LogP contribution is -2.58. The van der Waals surface area contributed by atoms with Gasteiger partial charge in [0.25, 0.3) is 0 Å². The summed E-state index contributed by atoms with van der Waals surface area (Å²) in [6.07, 6.45) is 1.94. The average Bonchev–Trinajstić information content (AvgIpc) is 2.98. The second kappa shape index (κ2) is 5.78. The van der Waals surface area contributed by atoms with Crippen LogP contribution in [0.3, 0.4) is 0 Å². The number of hydrogen-bond donors (Lipinski definition) is 1. The Morgan fingerprint density at radius 2 is 2.05 bits per heavy atom. The van der Waals surface area contributed by atoms with E-state index in [0.29, 0.717) is 12.1 Å². The smallest absolute Gasteiger partial charge is 0.246 e. The summed E-state index contributed by atoms with van der Waals surface area (Å²) in [4.78, 5) is 25.8. The number of nitrogens with one attached hydrogen (secondary N) is 1. The van der Waals surface area contributed by atoms with Gasteiger partial charge in [0.2, 0.25) is 11.8 Å². The van der Waals surface area contributed by atoms with Crippen LogP contribution in [0, 0.1) is 0 Å². The van der Waals surface area contributed by atoms with Crippen molar-refractivity contribution in [2.75, 3.05) is 6.54 Å². The minimum atomic E-state index is -0.527. The van der Waals surface area contributed by atoms with Gasteiger partial charge in [-0.25, -0.2) is 0 Å². The van der Waals surface area contributed by atoms with Gasteiger partial charge in [-0.1, -0.05) is 35.5 Å². The Morgan fingerprint density at radius 1 is 1.24 bits per heavy atom. The molecular formula is C15H15N3O3. The summed E-state index contributed by atoms with van der Waals surface area (Å²) in [5.74, 6) is -0.250. The Labute approximate surface area is 121 Å². The molecule has 2 heterocycles. The van der Waals surface area contributed by atoms with E-state index in [1.54, 1.807) is 6.07 Å². The lowest BCUT2D eigenvalue weighted by molar-refractivity contribution is -0.144. The summed E-state index contributed by atoms with van der Waals surface area (Å²) in [7, 11) is 0. The molecule has 1 N–H and O–H groups in total. The molecule has 1 aliphatic rings. The van der Waals surface area contributed by atoms with Gasteiger partial charge in [-0.05, 0) is 5.56 Å². The number of benzene rings is 1. The zero-order chi connectivity index (χ0) is 14.7. The van der Waals surface area contributed by atoms with Gasteiger partial charge in [-0.3, -0.25) is 9.59 Å². The van der Waals surface area contributed by atoms with Crippen LogP contribution >= 0.6 is 0 Å². The summed E-state index contributed by atoms with van der Waals surface area (Å²) >= 11 is 0. The number of aromatic nitrogens is 1. The van der Waals surface area contributed by atoms with Gasteiger partial charge in [0.05, 0.1) is 6.54 Å². The number of amides is 2. The SMILES string of the molecule is O=C1CN(Cc2ccon2)C(=O)C(Cc2ccccc2)N1. The third-order valence-electron chi connectivity index (χ3n) is 3.41. The van der Waals surface area contributed by atoms with Gasteiger partial charge in [-0.2, -0.15) is 0 Å². The van der Waals surface area contributed by atoms with Crippen LogP contribution < -0.4 is 5.32 Å². The highest BCUT2D eigenvalue weighted by Crippen LogP contribution is 2.12. The topological polar surface area (TPSA) is 75.4 Å². The fraction of sp³-hybridized carbons (Fsp3) is 0.267. The van der Waals surface area contributed by atoms with Crippen LogP contribution in [0.25, 0.3) is 0 Å². The Bertz CT molecular complexity index is 625. The number of nitrogens with zero attached hydrogens (tertiary/aromatic N) is 2. The fourth-order valence-corrected chi connectivity index (χ4v) is 2.41. The molecule has 21 heavy (non-hydrogen) atoms. The first kappa shape index (κ1) is 13.4. The number of carbonyl (C=O) groups is 2. The summed E-state index contributed by atoms with van der Waals surface area (Å²) in [6.45, 7) is 0.338. The number of carbonyl (C=O) groups excluding carboxylic acids is 2. The highest BCUT2D eigenvalue weighted by molar-refractivity contribution is 5.94. The quantitative estimate of drug-likeness (QED) is 0.899. The molecule has 6 nitrogen and oxygen atoms in total. The largest absolute Gasteiger partial charge is 0.364 e. The van der Waals surface area contributed by atoms with Gasteiger partial charge in [0.1, 0.15) is 24.5 Å². The third kappa shape index (κ3) is 3.10. The first-order valence-corrected chi connectivity index (χ1v) is 6.74. The Morgan fingerprint density at radius 3 is 2.76 bits per heavy atom. The van der Waals surface area contributed by atoms with E-state index in [4.69, 9.17) is 4.52 Å². The van der Waals surface area contributed by atoms with Crippen molar-refractivity contribution in [2.45, 2.75) is 19.0 Å². The van der Waals surface area contributed by atoms with Gasteiger partial charge in [0, 0.05) is 12.5 Å². The molecule has 2 aromatic rings. The first-order valence-electron chi connectivity index (χ1n) is 6.74. The lowest BCUT2D eigenvalue weighted by atomic mass is 10.0. The maximum atomic E-state index is 12.5. The first-order chi connectivity index (χ1) is 10.2. The van der Waals surface area contributed by atoms with E-state index in [9.17, 15) is 9.59 Å². The number of hydrogen-bond acceptors (Lipinski definition) is 4. The normalized spacial score (nSPS) is 18.7. The van der Waals surface area contributed by atoms with Crippen molar-refractivity contribution in [2.24, 2.45) is 0 Å². The zero-order valence-corrected chi connectivity index (χ0v) is 11.4. The molecule has 2 amide bonds. The van der Waals surface area contributed by atoms with Gasteiger partial charge < -0.3 is 14.7 Å². The van der Waals surface area contributed by atoms with Crippen LogP contribution in [-0.4, -0.2) is 34.5 Å². The molecule has 1 aliphatic heterocycles. The van der Waals surface area contributed by atoms with Crippen molar-refractivity contribution >= 4 is 11.8 Å². The molecule has 0 spiro atoms. The number of rotatable bonds is 4. The summed E-state index contributed by atoms with van der Waals surface area (Å²) in [5.41, 5.74) is 1.65. The highest BCUT2D eigenvalue weighted by Gasteiger charge is 2.32. The van der Waals surface area contributed by atoms with Crippen LogP contribution in [-0.2, 0) is 22.6 Å². The molecule has 0 aliphatic carbocycles. The lowest BCUT2D eigenvalue weighted by Gasteiger charge is -2.32. The molecule has 1 atom stereocenters. The van der Waals surface area contributed by atoms with Gasteiger partial charge in [0.15, 0.2) is 0 Å². The molecule has 0 saturated carbocycles. The van der Waals surface area contributed by atoms with E-state index in [2.05, 4.69) is 10.5 Å². The van der Waals surface area contributed by atoms with Crippen LogP contribution in [0.1, 0.15) is 11.3 Å². The third-order valence-corrected chi connectivity index (χ3v) is 3.41. The molecule has 0 radical (unpaired) electrons. The van der Waals surface area contributed by atoms with Crippen LogP contribution in [0.5, 0.6) is 0 Å². The molecule has 6 heteroatoms. The molecule has 1 fully saturated rings. The highest BCUT2D eigenvalue weighted by atomic mass is 16.5.